The molecule has 2 aromatic rings. The number of hydrogen-bond acceptors (Lipinski definition) is 5. The number of hydrogen-bond donors (Lipinski definition) is 0. The summed E-state index contributed by atoms with van der Waals surface area (Å²) in [5.74, 6) is 1.38. The van der Waals surface area contributed by atoms with E-state index in [1.165, 1.54) is 0 Å². The van der Waals surface area contributed by atoms with Gasteiger partial charge in [-0.15, -0.1) is 0 Å². The summed E-state index contributed by atoms with van der Waals surface area (Å²) < 4.78 is 22.3. The van der Waals surface area contributed by atoms with Crippen molar-refractivity contribution in [3.8, 4) is 11.5 Å². The van der Waals surface area contributed by atoms with Crippen molar-refractivity contribution >= 4 is 6.21 Å². The molecule has 0 saturated heterocycles. The Hall–Kier alpha value is -2.37. The zero-order valence-corrected chi connectivity index (χ0v) is 15.7. The molecule has 0 radical (unpaired) electrons. The number of benzene rings is 2. The van der Waals surface area contributed by atoms with E-state index in [9.17, 15) is 0 Å². The summed E-state index contributed by atoms with van der Waals surface area (Å²) in [6, 6.07) is 15.8. The fourth-order valence-electron chi connectivity index (χ4n) is 2.39. The summed E-state index contributed by atoms with van der Waals surface area (Å²) in [5, 5.41) is 0. The van der Waals surface area contributed by atoms with Crippen molar-refractivity contribution in [3.05, 3.63) is 59.7 Å². The van der Waals surface area contributed by atoms with Crippen molar-refractivity contribution in [1.82, 2.24) is 0 Å². The average Bonchev–Trinajstić information content (AvgIpc) is 2.68. The highest BCUT2D eigenvalue weighted by molar-refractivity contribution is 5.80. The molecule has 0 atom stereocenters. The molecule has 2 rings (SSSR count). The number of aliphatic imine (C=N–C) groups is 1. The normalized spacial score (nSPS) is 11.2. The summed E-state index contributed by atoms with van der Waals surface area (Å²) in [7, 11) is 1.63. The highest BCUT2D eigenvalue weighted by Crippen LogP contribution is 2.28. The summed E-state index contributed by atoms with van der Waals surface area (Å²) in [5.41, 5.74) is 2.04. The first-order valence-electron chi connectivity index (χ1n) is 8.84. The Labute approximate surface area is 155 Å². The van der Waals surface area contributed by atoms with Crippen LogP contribution in [0, 0.1) is 0 Å². The first-order valence-corrected chi connectivity index (χ1v) is 8.84. The molecule has 0 aliphatic rings. The van der Waals surface area contributed by atoms with Crippen molar-refractivity contribution < 1.29 is 18.9 Å². The van der Waals surface area contributed by atoms with Gasteiger partial charge in [0, 0.05) is 19.4 Å². The fraction of sp³-hybridized carbons (Fsp3) is 0.381. The molecule has 2 aromatic carbocycles. The summed E-state index contributed by atoms with van der Waals surface area (Å²) in [6.07, 6.45) is 1.48. The minimum absolute atomic E-state index is 0.309. The number of methoxy groups -OCH3 is 1. The van der Waals surface area contributed by atoms with Gasteiger partial charge in [-0.05, 0) is 43.2 Å². The highest BCUT2D eigenvalue weighted by Gasteiger charge is 2.07. The molecule has 5 heteroatoms. The molecule has 0 unspecified atom stereocenters. The van der Waals surface area contributed by atoms with E-state index < -0.39 is 0 Å². The first kappa shape index (κ1) is 19.9. The Morgan fingerprint density at radius 1 is 0.962 bits per heavy atom. The van der Waals surface area contributed by atoms with E-state index in [1.807, 2.05) is 62.4 Å². The van der Waals surface area contributed by atoms with Gasteiger partial charge in [0.05, 0.1) is 13.7 Å². The van der Waals surface area contributed by atoms with Crippen LogP contribution in [0.2, 0.25) is 0 Å². The van der Waals surface area contributed by atoms with E-state index in [4.69, 9.17) is 18.9 Å². The number of ether oxygens (including phenoxy) is 4. The monoisotopic (exact) mass is 357 g/mol. The van der Waals surface area contributed by atoms with E-state index >= 15 is 0 Å². The van der Waals surface area contributed by atoms with Crippen LogP contribution in [0.25, 0.3) is 0 Å². The SMILES string of the molecule is CCOC(CN=Cc1ccc(OCc2ccccc2)c(OC)c1)OCC. The maximum atomic E-state index is 5.87. The van der Waals surface area contributed by atoms with Crippen LogP contribution in [0.1, 0.15) is 25.0 Å². The Bertz CT molecular complexity index is 667. The fourth-order valence-corrected chi connectivity index (χ4v) is 2.39. The molecule has 0 amide bonds. The molecule has 0 heterocycles. The van der Waals surface area contributed by atoms with Crippen LogP contribution in [0.15, 0.2) is 53.5 Å². The minimum Gasteiger partial charge on any atom is -0.493 e. The molecule has 0 aliphatic heterocycles. The average molecular weight is 357 g/mol. The second kappa shape index (κ2) is 11.3. The van der Waals surface area contributed by atoms with Crippen molar-refractivity contribution in [1.29, 1.82) is 0 Å². The van der Waals surface area contributed by atoms with Crippen molar-refractivity contribution in [2.45, 2.75) is 26.7 Å². The van der Waals surface area contributed by atoms with E-state index in [-0.39, 0.29) is 6.29 Å². The lowest BCUT2D eigenvalue weighted by atomic mass is 10.2. The molecule has 0 N–H and O–H groups in total. The Balaban J connectivity index is 1.97. The Morgan fingerprint density at radius 3 is 2.35 bits per heavy atom. The highest BCUT2D eigenvalue weighted by atomic mass is 16.7. The third-order valence-corrected chi connectivity index (χ3v) is 3.62. The molecular weight excluding hydrogens is 330 g/mol. The Morgan fingerprint density at radius 2 is 1.69 bits per heavy atom. The molecule has 0 aromatic heterocycles. The van der Waals surface area contributed by atoms with E-state index in [0.29, 0.717) is 37.9 Å². The zero-order valence-electron chi connectivity index (χ0n) is 15.7. The van der Waals surface area contributed by atoms with Gasteiger partial charge in [0.25, 0.3) is 0 Å². The predicted molar refractivity (Wildman–Crippen MR) is 103 cm³/mol. The summed E-state index contributed by atoms with van der Waals surface area (Å²) in [6.45, 7) is 6.03. The predicted octanol–water partition coefficient (Wildman–Crippen LogP) is 4.09. The van der Waals surface area contributed by atoms with Crippen LogP contribution in [0.4, 0.5) is 0 Å². The minimum atomic E-state index is -0.309. The topological polar surface area (TPSA) is 49.3 Å². The second-order valence-electron chi connectivity index (χ2n) is 5.52. The van der Waals surface area contributed by atoms with Gasteiger partial charge < -0.3 is 18.9 Å². The maximum Gasteiger partial charge on any atom is 0.176 e. The van der Waals surface area contributed by atoms with Gasteiger partial charge in [0.2, 0.25) is 0 Å². The smallest absolute Gasteiger partial charge is 0.176 e. The van der Waals surface area contributed by atoms with Gasteiger partial charge in [-0.2, -0.15) is 0 Å². The number of rotatable bonds is 11. The summed E-state index contributed by atoms with van der Waals surface area (Å²) in [4.78, 5) is 4.41. The molecule has 0 fully saturated rings. The molecule has 0 bridgehead atoms. The standard InChI is InChI=1S/C21H27NO4/c1-4-24-21(25-5-2)15-22-14-18-11-12-19(20(13-18)23-3)26-16-17-9-7-6-8-10-17/h6-14,21H,4-5,15-16H2,1-3H3. The van der Waals surface area contributed by atoms with Crippen LogP contribution >= 0.6 is 0 Å². The van der Waals surface area contributed by atoms with Gasteiger partial charge >= 0.3 is 0 Å². The first-order chi connectivity index (χ1) is 12.8. The van der Waals surface area contributed by atoms with Crippen LogP contribution in [-0.2, 0) is 16.1 Å². The van der Waals surface area contributed by atoms with Crippen LogP contribution in [0.5, 0.6) is 11.5 Å². The van der Waals surface area contributed by atoms with Gasteiger partial charge in [0.1, 0.15) is 6.61 Å². The lowest BCUT2D eigenvalue weighted by molar-refractivity contribution is -0.128. The number of nitrogens with zero attached hydrogens (tertiary/aromatic N) is 1. The quantitative estimate of drug-likeness (QED) is 0.449. The van der Waals surface area contributed by atoms with Crippen LogP contribution in [-0.4, -0.2) is 39.4 Å². The van der Waals surface area contributed by atoms with E-state index in [0.717, 1.165) is 11.1 Å². The van der Waals surface area contributed by atoms with Gasteiger partial charge in [0.15, 0.2) is 17.8 Å². The van der Waals surface area contributed by atoms with E-state index in [2.05, 4.69) is 4.99 Å². The molecule has 0 saturated carbocycles. The summed E-state index contributed by atoms with van der Waals surface area (Å²) >= 11 is 0. The van der Waals surface area contributed by atoms with Crippen LogP contribution in [0.3, 0.4) is 0 Å². The molecular formula is C21H27NO4. The van der Waals surface area contributed by atoms with Gasteiger partial charge in [-0.25, -0.2) is 0 Å². The van der Waals surface area contributed by atoms with Gasteiger partial charge in [-0.3, -0.25) is 4.99 Å². The lowest BCUT2D eigenvalue weighted by Crippen LogP contribution is -2.20. The lowest BCUT2D eigenvalue weighted by Gasteiger charge is -2.14. The van der Waals surface area contributed by atoms with Crippen molar-refractivity contribution in [2.75, 3.05) is 26.9 Å². The van der Waals surface area contributed by atoms with Gasteiger partial charge in [-0.1, -0.05) is 30.3 Å². The second-order valence-corrected chi connectivity index (χ2v) is 5.52. The van der Waals surface area contributed by atoms with Crippen molar-refractivity contribution in [3.63, 3.8) is 0 Å². The van der Waals surface area contributed by atoms with Crippen molar-refractivity contribution in [2.24, 2.45) is 4.99 Å². The zero-order chi connectivity index (χ0) is 18.6. The van der Waals surface area contributed by atoms with E-state index in [1.54, 1.807) is 13.3 Å². The third kappa shape index (κ3) is 6.50. The largest absolute Gasteiger partial charge is 0.493 e. The molecule has 0 spiro atoms. The molecule has 26 heavy (non-hydrogen) atoms. The van der Waals surface area contributed by atoms with Crippen LogP contribution < -0.4 is 9.47 Å². The third-order valence-electron chi connectivity index (χ3n) is 3.62. The molecule has 5 nitrogen and oxygen atoms in total. The molecule has 0 aliphatic carbocycles. The maximum absolute atomic E-state index is 5.87. The Kier molecular flexibility index (Phi) is 8.66. The molecule has 140 valence electrons.